The lowest BCUT2D eigenvalue weighted by atomic mass is 10.1. The van der Waals surface area contributed by atoms with Gasteiger partial charge in [-0.25, -0.2) is 0 Å². The van der Waals surface area contributed by atoms with E-state index in [4.69, 9.17) is 15.3 Å². The summed E-state index contributed by atoms with van der Waals surface area (Å²) in [6, 6.07) is 6.16. The standard InChI is InChI=1S/C8H4F3N.BH2O2/c9-8(10,11)7-4-2-1-3-6(7)5-12;2-1-3/h1-4H;2-3H. The zero-order valence-electron chi connectivity index (χ0n) is 7.36. The molecule has 1 aromatic rings. The van der Waals surface area contributed by atoms with Crippen LogP contribution < -0.4 is 0 Å². The Bertz CT molecular complexity index is 348. The van der Waals surface area contributed by atoms with Crippen LogP contribution in [0.5, 0.6) is 0 Å². The highest BCUT2D eigenvalue weighted by Crippen LogP contribution is 2.31. The maximum absolute atomic E-state index is 12.1. The molecule has 3 nitrogen and oxygen atoms in total. The predicted molar refractivity (Wildman–Crippen MR) is 46.4 cm³/mol. The fourth-order valence-electron chi connectivity index (χ4n) is 0.828. The van der Waals surface area contributed by atoms with Crippen LogP contribution in [-0.2, 0) is 6.18 Å². The second-order valence-electron chi connectivity index (χ2n) is 2.27. The van der Waals surface area contributed by atoms with Gasteiger partial charge in [-0.05, 0) is 12.1 Å². The molecular weight excluding hydrogens is 210 g/mol. The van der Waals surface area contributed by atoms with E-state index < -0.39 is 11.7 Å². The van der Waals surface area contributed by atoms with Crippen LogP contribution >= 0.6 is 0 Å². The number of nitrogens with zero attached hydrogens (tertiary/aromatic N) is 1. The van der Waals surface area contributed by atoms with Gasteiger partial charge < -0.3 is 10.0 Å². The van der Waals surface area contributed by atoms with E-state index in [-0.39, 0.29) is 13.2 Å². The van der Waals surface area contributed by atoms with Crippen molar-refractivity contribution in [1.82, 2.24) is 0 Å². The number of halogens is 3. The summed E-state index contributed by atoms with van der Waals surface area (Å²) in [6.45, 7) is 0. The van der Waals surface area contributed by atoms with Crippen LogP contribution in [0.2, 0.25) is 0 Å². The zero-order valence-corrected chi connectivity index (χ0v) is 7.36. The Labute approximate surface area is 84.7 Å². The van der Waals surface area contributed by atoms with Crippen molar-refractivity contribution in [2.75, 3.05) is 0 Å². The molecule has 0 saturated carbocycles. The van der Waals surface area contributed by atoms with Crippen molar-refractivity contribution in [1.29, 1.82) is 5.26 Å². The summed E-state index contributed by atoms with van der Waals surface area (Å²) in [4.78, 5) is 0. The molecule has 0 aliphatic carbocycles. The molecule has 7 heteroatoms. The first-order valence-corrected chi connectivity index (χ1v) is 3.63. The third kappa shape index (κ3) is 4.49. The number of benzene rings is 1. The molecule has 15 heavy (non-hydrogen) atoms. The van der Waals surface area contributed by atoms with Crippen LogP contribution in [0, 0.1) is 11.3 Å². The molecule has 0 fully saturated rings. The number of nitriles is 1. The van der Waals surface area contributed by atoms with Gasteiger partial charge in [0, 0.05) is 0 Å². The van der Waals surface area contributed by atoms with E-state index in [9.17, 15) is 13.2 Å². The molecule has 0 amide bonds. The normalized spacial score (nSPS) is 9.60. The molecule has 1 radical (unpaired) electrons. The maximum atomic E-state index is 12.1. The van der Waals surface area contributed by atoms with Crippen LogP contribution in [-0.4, -0.2) is 17.7 Å². The van der Waals surface area contributed by atoms with Crippen molar-refractivity contribution in [3.05, 3.63) is 35.4 Å². The van der Waals surface area contributed by atoms with Crippen LogP contribution in [0.1, 0.15) is 11.1 Å². The molecule has 0 aliphatic rings. The second kappa shape index (κ2) is 6.06. The largest absolute Gasteiger partial charge is 0.482 e. The van der Waals surface area contributed by atoms with Gasteiger partial charge in [0.15, 0.2) is 0 Å². The van der Waals surface area contributed by atoms with E-state index in [1.807, 2.05) is 0 Å². The molecular formula is C8H6BF3NO2. The highest BCUT2D eigenvalue weighted by molar-refractivity contribution is 6.13. The lowest BCUT2D eigenvalue weighted by Crippen LogP contribution is -2.06. The zero-order chi connectivity index (χ0) is 11.9. The fourth-order valence-corrected chi connectivity index (χ4v) is 0.828. The van der Waals surface area contributed by atoms with Gasteiger partial charge in [-0.15, -0.1) is 0 Å². The fraction of sp³-hybridized carbons (Fsp3) is 0.125. The molecule has 1 aromatic carbocycles. The third-order valence-electron chi connectivity index (χ3n) is 1.35. The average Bonchev–Trinajstić information content (AvgIpc) is 2.18. The van der Waals surface area contributed by atoms with Crippen molar-refractivity contribution in [2.45, 2.75) is 6.18 Å². The SMILES string of the molecule is N#Cc1ccccc1C(F)(F)F.O[B]O. The Morgan fingerprint density at radius 1 is 1.20 bits per heavy atom. The number of hydrogen-bond donors (Lipinski definition) is 2. The first kappa shape index (κ1) is 13.5. The van der Waals surface area contributed by atoms with Gasteiger partial charge in [-0.1, -0.05) is 12.1 Å². The van der Waals surface area contributed by atoms with E-state index in [0.29, 0.717) is 0 Å². The van der Waals surface area contributed by atoms with E-state index in [0.717, 1.165) is 12.1 Å². The first-order valence-electron chi connectivity index (χ1n) is 3.63. The van der Waals surface area contributed by atoms with Gasteiger partial charge in [0.1, 0.15) is 0 Å². The minimum atomic E-state index is -4.44. The van der Waals surface area contributed by atoms with Crippen LogP contribution in [0.15, 0.2) is 24.3 Å². The molecule has 0 unspecified atom stereocenters. The van der Waals surface area contributed by atoms with Gasteiger partial charge >= 0.3 is 13.9 Å². The maximum Gasteiger partial charge on any atom is 0.482 e. The summed E-state index contributed by atoms with van der Waals surface area (Å²) < 4.78 is 36.3. The summed E-state index contributed by atoms with van der Waals surface area (Å²) >= 11 is 0. The Hall–Kier alpha value is -1.52. The molecule has 0 spiro atoms. The van der Waals surface area contributed by atoms with Crippen LogP contribution in [0.3, 0.4) is 0 Å². The number of hydrogen-bond acceptors (Lipinski definition) is 3. The summed E-state index contributed by atoms with van der Waals surface area (Å²) in [5.41, 5.74) is -1.22. The van der Waals surface area contributed by atoms with Crippen molar-refractivity contribution in [3.8, 4) is 6.07 Å². The van der Waals surface area contributed by atoms with Gasteiger partial charge in [0.2, 0.25) is 0 Å². The smallest absolute Gasteiger partial charge is 0.429 e. The van der Waals surface area contributed by atoms with Crippen molar-refractivity contribution in [3.63, 3.8) is 0 Å². The summed E-state index contributed by atoms with van der Waals surface area (Å²) in [5, 5.41) is 22.3. The van der Waals surface area contributed by atoms with Gasteiger partial charge in [-0.2, -0.15) is 18.4 Å². The lowest BCUT2D eigenvalue weighted by molar-refractivity contribution is -0.137. The third-order valence-corrected chi connectivity index (χ3v) is 1.35. The minimum absolute atomic E-state index is 0. The lowest BCUT2D eigenvalue weighted by Gasteiger charge is -2.06. The van der Waals surface area contributed by atoms with Crippen molar-refractivity contribution < 1.29 is 23.2 Å². The Kier molecular flexibility index (Phi) is 5.45. The predicted octanol–water partition coefficient (Wildman–Crippen LogP) is 1.08. The molecule has 79 valence electrons. The summed E-state index contributed by atoms with van der Waals surface area (Å²) in [7, 11) is 0. The highest BCUT2D eigenvalue weighted by Gasteiger charge is 2.32. The topological polar surface area (TPSA) is 64.2 Å². The molecule has 2 N–H and O–H groups in total. The highest BCUT2D eigenvalue weighted by atomic mass is 19.4. The Balaban J connectivity index is 0.000000583. The van der Waals surface area contributed by atoms with Crippen molar-refractivity contribution >= 4 is 7.69 Å². The van der Waals surface area contributed by atoms with E-state index in [2.05, 4.69) is 0 Å². The molecule has 0 saturated heterocycles. The van der Waals surface area contributed by atoms with Gasteiger partial charge in [0.05, 0.1) is 17.2 Å². The number of rotatable bonds is 0. The van der Waals surface area contributed by atoms with Gasteiger partial charge in [0.25, 0.3) is 0 Å². The van der Waals surface area contributed by atoms with Crippen molar-refractivity contribution in [2.24, 2.45) is 0 Å². The molecule has 0 aliphatic heterocycles. The van der Waals surface area contributed by atoms with Crippen LogP contribution in [0.4, 0.5) is 13.2 Å². The molecule has 0 aromatic heterocycles. The number of alkyl halides is 3. The Morgan fingerprint density at radius 3 is 2.00 bits per heavy atom. The molecule has 0 atom stereocenters. The van der Waals surface area contributed by atoms with Crippen LogP contribution in [0.25, 0.3) is 0 Å². The average molecular weight is 216 g/mol. The Morgan fingerprint density at radius 2 is 1.67 bits per heavy atom. The van der Waals surface area contributed by atoms with Gasteiger partial charge in [-0.3, -0.25) is 0 Å². The second-order valence-corrected chi connectivity index (χ2v) is 2.27. The minimum Gasteiger partial charge on any atom is -0.429 e. The molecule has 0 heterocycles. The molecule has 0 bridgehead atoms. The quantitative estimate of drug-likeness (QED) is 0.637. The summed E-state index contributed by atoms with van der Waals surface area (Å²) in [5.74, 6) is 0. The monoisotopic (exact) mass is 216 g/mol. The van der Waals surface area contributed by atoms with E-state index in [1.54, 1.807) is 0 Å². The van der Waals surface area contributed by atoms with E-state index in [1.165, 1.54) is 18.2 Å². The summed E-state index contributed by atoms with van der Waals surface area (Å²) in [6.07, 6.45) is -4.44. The van der Waals surface area contributed by atoms with E-state index >= 15 is 0 Å². The first-order chi connectivity index (χ1) is 6.97. The molecule has 1 rings (SSSR count).